The summed E-state index contributed by atoms with van der Waals surface area (Å²) in [4.78, 5) is 12.4. The first kappa shape index (κ1) is 14.3. The predicted molar refractivity (Wildman–Crippen MR) is 83.5 cm³/mol. The first-order chi connectivity index (χ1) is 9.58. The highest BCUT2D eigenvalue weighted by Gasteiger charge is 2.29. The lowest BCUT2D eigenvalue weighted by molar-refractivity contribution is -0.123. The van der Waals surface area contributed by atoms with E-state index in [1.165, 1.54) is 23.1 Å². The number of aliphatic hydroxyl groups excluding tert-OH is 1. The van der Waals surface area contributed by atoms with Gasteiger partial charge in [0.2, 0.25) is 0 Å². The molecule has 0 radical (unpaired) electrons. The number of aliphatic hydroxyl groups is 1. The molecule has 2 heterocycles. The molecule has 0 saturated carbocycles. The Morgan fingerprint density at radius 3 is 2.85 bits per heavy atom. The molecule has 9 heteroatoms. The summed E-state index contributed by atoms with van der Waals surface area (Å²) in [5.74, 6) is -0.394. The zero-order valence-corrected chi connectivity index (χ0v) is 14.1. The number of nitrogens with one attached hydrogen (secondary N) is 1. The molecule has 1 aromatic carbocycles. The van der Waals surface area contributed by atoms with Gasteiger partial charge in [-0.3, -0.25) is 4.79 Å². The first-order valence-corrected chi connectivity index (χ1v) is 9.11. The number of halogens is 1. The fourth-order valence-electron chi connectivity index (χ4n) is 1.74. The average Bonchev–Trinajstić information content (AvgIpc) is 2.98. The second-order valence-electron chi connectivity index (χ2n) is 3.90. The quantitative estimate of drug-likeness (QED) is 0.785. The predicted octanol–water partition coefficient (Wildman–Crippen LogP) is 3.16. The lowest BCUT2D eigenvalue weighted by Gasteiger charge is -2.06. The maximum atomic E-state index is 11.4. The largest absolute Gasteiger partial charge is 0.378 e. The fourth-order valence-corrected chi connectivity index (χ4v) is 4.78. The number of rotatable bonds is 3. The molecule has 0 aliphatic carbocycles. The Kier molecular flexibility index (Phi) is 4.04. The minimum absolute atomic E-state index is 0.394. The monoisotopic (exact) mass is 389 g/mol. The van der Waals surface area contributed by atoms with Crippen LogP contribution in [0, 0.1) is 0 Å². The van der Waals surface area contributed by atoms with Crippen molar-refractivity contribution >= 4 is 62.4 Å². The maximum Gasteiger partial charge on any atom is 0.257 e. The van der Waals surface area contributed by atoms with Gasteiger partial charge in [0.1, 0.15) is 0 Å². The van der Waals surface area contributed by atoms with Crippen LogP contribution >= 0.6 is 50.8 Å². The first-order valence-electron chi connectivity index (χ1n) is 5.46. The molecular formula is C11H8BrN3O2S3. The van der Waals surface area contributed by atoms with Crippen LogP contribution in [0.4, 0.5) is 5.69 Å². The van der Waals surface area contributed by atoms with Gasteiger partial charge >= 0.3 is 0 Å². The number of hydrogen-bond acceptors (Lipinski definition) is 7. The van der Waals surface area contributed by atoms with Gasteiger partial charge in [-0.25, -0.2) is 0 Å². The van der Waals surface area contributed by atoms with Crippen LogP contribution in [-0.4, -0.2) is 27.5 Å². The van der Waals surface area contributed by atoms with Crippen molar-refractivity contribution < 1.29 is 9.90 Å². The topological polar surface area (TPSA) is 75.1 Å². The van der Waals surface area contributed by atoms with Crippen LogP contribution in [0.2, 0.25) is 0 Å². The third-order valence-corrected chi connectivity index (χ3v) is 6.59. The van der Waals surface area contributed by atoms with E-state index in [-0.39, 0.29) is 0 Å². The molecule has 1 aliphatic rings. The van der Waals surface area contributed by atoms with E-state index in [9.17, 15) is 9.90 Å². The fraction of sp³-hybridized carbons (Fsp3) is 0.182. The molecular weight excluding hydrogens is 382 g/mol. The molecule has 0 saturated heterocycles. The molecule has 1 aromatic heterocycles. The van der Waals surface area contributed by atoms with Gasteiger partial charge < -0.3 is 10.4 Å². The molecule has 0 fully saturated rings. The van der Waals surface area contributed by atoms with E-state index in [2.05, 4.69) is 31.4 Å². The number of aromatic nitrogens is 2. The summed E-state index contributed by atoms with van der Waals surface area (Å²) in [5.41, 5.74) is 1.23. The van der Waals surface area contributed by atoms with Gasteiger partial charge in [-0.15, -0.1) is 10.2 Å². The van der Waals surface area contributed by atoms with Gasteiger partial charge in [0.25, 0.3) is 5.91 Å². The summed E-state index contributed by atoms with van der Waals surface area (Å²) in [7, 11) is 0. The number of benzene rings is 1. The normalized spacial score (nSPS) is 17.1. The maximum absolute atomic E-state index is 11.4. The van der Waals surface area contributed by atoms with E-state index in [1.807, 2.05) is 12.3 Å². The van der Waals surface area contributed by atoms with Crippen LogP contribution in [0.25, 0.3) is 0 Å². The van der Waals surface area contributed by atoms with Crippen LogP contribution in [-0.2, 0) is 4.79 Å². The van der Waals surface area contributed by atoms with Crippen LogP contribution < -0.4 is 5.32 Å². The van der Waals surface area contributed by atoms with Crippen molar-refractivity contribution in [3.05, 3.63) is 22.2 Å². The standard InChI is InChI=1S/C11H8BrN3O2S3/c1-18-10-14-15-11(20-10)19-7-3-6-4(2-5(7)12)8(16)9(17)13-6/h2-3,8,16H,1H3,(H,13,17). The van der Waals surface area contributed by atoms with Gasteiger partial charge in [0, 0.05) is 20.6 Å². The van der Waals surface area contributed by atoms with Crippen molar-refractivity contribution in [3.63, 3.8) is 0 Å². The molecule has 20 heavy (non-hydrogen) atoms. The van der Waals surface area contributed by atoms with Gasteiger partial charge in [-0.1, -0.05) is 34.9 Å². The Balaban J connectivity index is 1.91. The van der Waals surface area contributed by atoms with E-state index in [4.69, 9.17) is 0 Å². The van der Waals surface area contributed by atoms with Gasteiger partial charge in [-0.05, 0) is 34.3 Å². The minimum Gasteiger partial charge on any atom is -0.378 e. The third-order valence-electron chi connectivity index (χ3n) is 2.66. The van der Waals surface area contributed by atoms with Crippen molar-refractivity contribution in [2.45, 2.75) is 19.7 Å². The van der Waals surface area contributed by atoms with E-state index in [1.54, 1.807) is 17.8 Å². The number of carbonyl (C=O) groups excluding carboxylic acids is 1. The summed E-state index contributed by atoms with van der Waals surface area (Å²) in [6, 6.07) is 3.59. The molecule has 2 N–H and O–H groups in total. The third kappa shape index (κ3) is 2.60. The molecule has 1 unspecified atom stereocenters. The Morgan fingerprint density at radius 1 is 1.40 bits per heavy atom. The van der Waals surface area contributed by atoms with Crippen molar-refractivity contribution in [2.75, 3.05) is 11.6 Å². The van der Waals surface area contributed by atoms with Gasteiger partial charge in [-0.2, -0.15) is 0 Å². The van der Waals surface area contributed by atoms with Gasteiger partial charge in [0.15, 0.2) is 14.8 Å². The van der Waals surface area contributed by atoms with E-state index < -0.39 is 12.0 Å². The number of thioether (sulfide) groups is 1. The highest BCUT2D eigenvalue weighted by atomic mass is 79.9. The number of amides is 1. The van der Waals surface area contributed by atoms with Crippen LogP contribution in [0.1, 0.15) is 11.7 Å². The van der Waals surface area contributed by atoms with Crippen molar-refractivity contribution in [2.24, 2.45) is 0 Å². The SMILES string of the molecule is CSc1nnc(Sc2cc3c(cc2Br)C(O)C(=O)N3)s1. The molecule has 104 valence electrons. The molecule has 0 spiro atoms. The van der Waals surface area contributed by atoms with Gasteiger partial charge in [0.05, 0.1) is 0 Å². The zero-order chi connectivity index (χ0) is 14.3. The number of anilines is 1. The summed E-state index contributed by atoms with van der Waals surface area (Å²) < 4.78 is 2.56. The Bertz CT molecular complexity index is 692. The summed E-state index contributed by atoms with van der Waals surface area (Å²) in [6.45, 7) is 0. The molecule has 3 rings (SSSR count). The molecule has 5 nitrogen and oxygen atoms in total. The Morgan fingerprint density at radius 2 is 2.15 bits per heavy atom. The van der Waals surface area contributed by atoms with Crippen LogP contribution in [0.3, 0.4) is 0 Å². The van der Waals surface area contributed by atoms with Crippen molar-refractivity contribution in [3.8, 4) is 0 Å². The van der Waals surface area contributed by atoms with E-state index in [0.29, 0.717) is 11.3 Å². The zero-order valence-electron chi connectivity index (χ0n) is 10.1. The van der Waals surface area contributed by atoms with Crippen molar-refractivity contribution in [1.29, 1.82) is 0 Å². The Hall–Kier alpha value is -0.610. The Labute approximate surface area is 135 Å². The molecule has 1 amide bonds. The highest BCUT2D eigenvalue weighted by molar-refractivity contribution is 9.10. The molecule has 0 bridgehead atoms. The molecule has 2 aromatic rings. The van der Waals surface area contributed by atoms with Crippen LogP contribution in [0.5, 0.6) is 0 Å². The van der Waals surface area contributed by atoms with E-state index in [0.717, 1.165) is 18.0 Å². The lowest BCUT2D eigenvalue weighted by atomic mass is 10.1. The second kappa shape index (κ2) is 5.64. The number of hydrogen-bond donors (Lipinski definition) is 2. The average molecular weight is 390 g/mol. The van der Waals surface area contributed by atoms with Crippen molar-refractivity contribution in [1.82, 2.24) is 10.2 Å². The second-order valence-corrected chi connectivity index (χ2v) is 8.08. The van der Waals surface area contributed by atoms with Crippen LogP contribution in [0.15, 0.2) is 30.2 Å². The minimum atomic E-state index is -1.09. The summed E-state index contributed by atoms with van der Waals surface area (Å²) in [5, 5.41) is 20.5. The summed E-state index contributed by atoms with van der Waals surface area (Å²) >= 11 is 8.00. The molecule has 1 atom stereocenters. The lowest BCUT2D eigenvalue weighted by Crippen LogP contribution is -2.10. The number of fused-ring (bicyclic) bond motifs is 1. The number of carbonyl (C=O) groups is 1. The smallest absolute Gasteiger partial charge is 0.257 e. The van der Waals surface area contributed by atoms with E-state index >= 15 is 0 Å². The number of nitrogens with zero attached hydrogens (tertiary/aromatic N) is 2. The summed E-state index contributed by atoms with van der Waals surface area (Å²) in [6.07, 6.45) is 0.863. The highest BCUT2D eigenvalue weighted by Crippen LogP contribution is 2.42. The molecule has 1 aliphatic heterocycles.